The number of rotatable bonds is 29. The van der Waals surface area contributed by atoms with Gasteiger partial charge in [-0.1, -0.05) is 48.5 Å². The Labute approximate surface area is 320 Å². The number of nitrogens with two attached hydrogens (primary N) is 1. The Balaban J connectivity index is 2.13. The number of amides is 7. The minimum Gasteiger partial charge on any atom is -0.379 e. The number of primary amides is 1. The van der Waals surface area contributed by atoms with Gasteiger partial charge in [-0.25, -0.2) is 4.79 Å². The molecule has 0 aromatic heterocycles. The van der Waals surface area contributed by atoms with E-state index in [-0.39, 0.29) is 86.8 Å². The van der Waals surface area contributed by atoms with E-state index in [4.69, 9.17) is 24.7 Å². The summed E-state index contributed by atoms with van der Waals surface area (Å²) in [6.07, 6.45) is 1.71. The molecule has 6 N–H and O–H groups in total. The smallest absolute Gasteiger partial charge is 0.312 e. The van der Waals surface area contributed by atoms with Crippen molar-refractivity contribution in [1.82, 2.24) is 26.2 Å². The average molecular weight is 771 g/mol. The molecule has 0 radical (unpaired) electrons. The highest BCUT2D eigenvalue weighted by Crippen LogP contribution is 2.26. The number of nitrogens with zero attached hydrogens (tertiary/aromatic N) is 1. The lowest BCUT2D eigenvalue weighted by Gasteiger charge is -2.28. The zero-order valence-corrected chi connectivity index (χ0v) is 33.4. The van der Waals surface area contributed by atoms with Crippen LogP contribution >= 0.6 is 0 Å². The van der Waals surface area contributed by atoms with Crippen LogP contribution in [-0.2, 0) is 47.7 Å². The minimum atomic E-state index is -0.855. The van der Waals surface area contributed by atoms with Gasteiger partial charge < -0.3 is 45.9 Å². The lowest BCUT2D eigenvalue weighted by Crippen LogP contribution is -2.55. The maximum absolute atomic E-state index is 13.2. The fourth-order valence-corrected chi connectivity index (χ4v) is 5.58. The fraction of sp³-hybridized carbons (Fsp3) is 0.811. The number of carbonyl (C=O) groups is 7. The first-order valence-corrected chi connectivity index (χ1v) is 19.0. The highest BCUT2D eigenvalue weighted by molar-refractivity contribution is 6.03. The van der Waals surface area contributed by atoms with Crippen LogP contribution in [0.15, 0.2) is 0 Å². The number of imide groups is 1. The Morgan fingerprint density at radius 2 is 1.35 bits per heavy atom. The van der Waals surface area contributed by atoms with Crippen LogP contribution in [0.4, 0.5) is 4.79 Å². The molecule has 1 fully saturated rings. The van der Waals surface area contributed by atoms with Crippen molar-refractivity contribution in [3.63, 3.8) is 0 Å². The Morgan fingerprint density at radius 3 is 1.89 bits per heavy atom. The van der Waals surface area contributed by atoms with Crippen molar-refractivity contribution < 1.29 is 52.5 Å². The molecule has 17 nitrogen and oxygen atoms in total. The maximum atomic E-state index is 13.2. The van der Waals surface area contributed by atoms with Crippen LogP contribution < -0.4 is 27.0 Å². The molecule has 17 heteroatoms. The quantitative estimate of drug-likeness (QED) is 0.0533. The van der Waals surface area contributed by atoms with Gasteiger partial charge in [-0.3, -0.25) is 33.7 Å². The topological polar surface area (TPSA) is 234 Å². The molecule has 7 amide bonds. The third-order valence-electron chi connectivity index (χ3n) is 8.42. The van der Waals surface area contributed by atoms with Crippen molar-refractivity contribution in [1.29, 1.82) is 0 Å². The molecule has 1 heterocycles. The molecule has 0 saturated carbocycles. The van der Waals surface area contributed by atoms with Gasteiger partial charge in [0.15, 0.2) is 5.78 Å². The molecule has 1 aliphatic heterocycles. The molecular formula is C37H66N6O11. The predicted octanol–water partition coefficient (Wildman–Crippen LogP) is 1.06. The summed E-state index contributed by atoms with van der Waals surface area (Å²) < 4.78 is 21.9. The van der Waals surface area contributed by atoms with Crippen molar-refractivity contribution in [3.05, 3.63) is 0 Å². The molecule has 310 valence electrons. The standard InChI is InChI=1S/C37H66N6O11/c1-25(2)23-27-24-31(46)43(35(27)49)14-10-29(44)39-13-16-52-18-20-54-22-21-53-19-17-51-15-11-30(45)42-32(26(3)4)34(48)41-28(33(47)37(5,6)7)9-8-12-40-36(38)50/h25-28,32H,8-24H2,1-7H3,(H,39,44)(H,41,48)(H,42,45)(H3,38,40,50)/t27?,28-,32-/m0/s1. The molecule has 3 atom stereocenters. The zero-order chi connectivity index (χ0) is 40.7. The normalized spacial score (nSPS) is 15.7. The van der Waals surface area contributed by atoms with E-state index in [1.54, 1.807) is 34.6 Å². The number of Topliss-reactive ketones (excluding diaryl/α,β-unsaturated/α-hetero) is 1. The monoisotopic (exact) mass is 770 g/mol. The van der Waals surface area contributed by atoms with Crippen LogP contribution in [0.1, 0.15) is 87.0 Å². The minimum absolute atomic E-state index is 0.0337. The summed E-state index contributed by atoms with van der Waals surface area (Å²) in [7, 11) is 0. The molecule has 0 bridgehead atoms. The van der Waals surface area contributed by atoms with E-state index >= 15 is 0 Å². The fourth-order valence-electron chi connectivity index (χ4n) is 5.58. The zero-order valence-electron chi connectivity index (χ0n) is 33.4. The van der Waals surface area contributed by atoms with Gasteiger partial charge in [0.05, 0.1) is 58.9 Å². The second-order valence-electron chi connectivity index (χ2n) is 15.1. The number of urea groups is 1. The molecule has 54 heavy (non-hydrogen) atoms. The number of ether oxygens (including phenoxy) is 4. The predicted molar refractivity (Wildman–Crippen MR) is 200 cm³/mol. The van der Waals surface area contributed by atoms with Gasteiger partial charge in [-0.05, 0) is 31.1 Å². The third-order valence-corrected chi connectivity index (χ3v) is 8.42. The van der Waals surface area contributed by atoms with E-state index in [1.807, 2.05) is 13.8 Å². The Hall–Kier alpha value is -3.67. The molecule has 0 aromatic carbocycles. The maximum Gasteiger partial charge on any atom is 0.312 e. The van der Waals surface area contributed by atoms with Crippen LogP contribution in [0.3, 0.4) is 0 Å². The summed E-state index contributed by atoms with van der Waals surface area (Å²) in [4.78, 5) is 87.6. The van der Waals surface area contributed by atoms with Crippen LogP contribution in [-0.4, -0.2) is 131 Å². The van der Waals surface area contributed by atoms with Crippen molar-refractivity contribution in [2.45, 2.75) is 99.1 Å². The molecule has 1 aliphatic rings. The lowest BCUT2D eigenvalue weighted by atomic mass is 9.84. The summed E-state index contributed by atoms with van der Waals surface area (Å²) in [6, 6.07) is -2.31. The van der Waals surface area contributed by atoms with Crippen LogP contribution in [0.25, 0.3) is 0 Å². The van der Waals surface area contributed by atoms with E-state index < -0.39 is 29.4 Å². The van der Waals surface area contributed by atoms with Gasteiger partial charge in [0.2, 0.25) is 29.5 Å². The molecule has 0 aliphatic carbocycles. The van der Waals surface area contributed by atoms with Gasteiger partial charge in [0.25, 0.3) is 0 Å². The molecule has 1 rings (SSSR count). The van der Waals surface area contributed by atoms with Crippen molar-refractivity contribution in [2.24, 2.45) is 28.9 Å². The summed E-state index contributed by atoms with van der Waals surface area (Å²) in [5.74, 6) is -1.84. The Bertz CT molecular complexity index is 1210. The van der Waals surface area contributed by atoms with Crippen LogP contribution in [0.2, 0.25) is 0 Å². The average Bonchev–Trinajstić information content (AvgIpc) is 3.34. The second kappa shape index (κ2) is 26.2. The van der Waals surface area contributed by atoms with Gasteiger partial charge >= 0.3 is 6.03 Å². The molecule has 0 spiro atoms. The van der Waals surface area contributed by atoms with E-state index in [0.717, 1.165) is 0 Å². The number of nitrogens with one attached hydrogen (secondary N) is 4. The number of ketones is 1. The summed E-state index contributed by atoms with van der Waals surface area (Å²) in [5, 5.41) is 10.7. The van der Waals surface area contributed by atoms with E-state index in [9.17, 15) is 33.6 Å². The van der Waals surface area contributed by atoms with Crippen molar-refractivity contribution in [2.75, 3.05) is 72.5 Å². The van der Waals surface area contributed by atoms with Gasteiger partial charge in [-0.2, -0.15) is 0 Å². The number of hydrogen-bond donors (Lipinski definition) is 5. The number of likely N-dealkylation sites (tertiary alicyclic amines) is 1. The van der Waals surface area contributed by atoms with E-state index in [2.05, 4.69) is 21.3 Å². The number of hydrogen-bond acceptors (Lipinski definition) is 11. The first-order valence-electron chi connectivity index (χ1n) is 19.0. The molecule has 1 saturated heterocycles. The highest BCUT2D eigenvalue weighted by atomic mass is 16.6. The lowest BCUT2D eigenvalue weighted by molar-refractivity contribution is -0.140. The van der Waals surface area contributed by atoms with E-state index in [1.165, 1.54) is 4.90 Å². The second-order valence-corrected chi connectivity index (χ2v) is 15.1. The Morgan fingerprint density at radius 1 is 0.778 bits per heavy atom. The summed E-state index contributed by atoms with van der Waals surface area (Å²) in [5.41, 5.74) is 4.40. The van der Waals surface area contributed by atoms with Crippen molar-refractivity contribution >= 4 is 41.4 Å². The van der Waals surface area contributed by atoms with Gasteiger partial charge in [0, 0.05) is 50.2 Å². The SMILES string of the molecule is CC(C)CC1CC(=O)N(CCC(=O)NCCOCCOCCOCCOCCC(=O)N[C@H](C(=O)N[C@@H](CCCNC(N)=O)C(=O)C(C)(C)C)C(C)C)C1=O. The van der Waals surface area contributed by atoms with Gasteiger partial charge in [0.1, 0.15) is 6.04 Å². The third kappa shape index (κ3) is 20.7. The van der Waals surface area contributed by atoms with Gasteiger partial charge in [-0.15, -0.1) is 0 Å². The first-order chi connectivity index (χ1) is 25.4. The van der Waals surface area contributed by atoms with Crippen molar-refractivity contribution in [3.8, 4) is 0 Å². The number of carbonyl (C=O) groups excluding carboxylic acids is 7. The molecular weight excluding hydrogens is 704 g/mol. The van der Waals surface area contributed by atoms with E-state index in [0.29, 0.717) is 71.4 Å². The summed E-state index contributed by atoms with van der Waals surface area (Å²) >= 11 is 0. The molecule has 0 aromatic rings. The molecule has 1 unspecified atom stereocenters. The van der Waals surface area contributed by atoms with Crippen LogP contribution in [0, 0.1) is 23.2 Å². The highest BCUT2D eigenvalue weighted by Gasteiger charge is 2.38. The first kappa shape index (κ1) is 48.3. The van der Waals surface area contributed by atoms with Crippen LogP contribution in [0.5, 0.6) is 0 Å². The summed E-state index contributed by atoms with van der Waals surface area (Å²) in [6.45, 7) is 15.9. The Kier molecular flexibility index (Phi) is 23.4. The largest absolute Gasteiger partial charge is 0.379 e.